The van der Waals surface area contributed by atoms with Crippen LogP contribution in [-0.4, -0.2) is 93.1 Å². The molecule has 0 unspecified atom stereocenters. The van der Waals surface area contributed by atoms with Gasteiger partial charge in [0.15, 0.2) is 0 Å². The van der Waals surface area contributed by atoms with Crippen LogP contribution in [0.2, 0.25) is 0 Å². The van der Waals surface area contributed by atoms with Crippen LogP contribution >= 0.6 is 0 Å². The maximum Gasteiger partial charge on any atom is 0.407 e. The van der Waals surface area contributed by atoms with Crippen molar-refractivity contribution >= 4 is 35.0 Å². The van der Waals surface area contributed by atoms with Gasteiger partial charge in [0, 0.05) is 30.6 Å². The van der Waals surface area contributed by atoms with Crippen LogP contribution < -0.4 is 10.6 Å². The summed E-state index contributed by atoms with van der Waals surface area (Å²) in [5, 5.41) is 5.46. The summed E-state index contributed by atoms with van der Waals surface area (Å²) in [6.45, 7) is 8.73. The number of nitrogens with zero attached hydrogens (tertiary/aromatic N) is 4. The fourth-order valence-electron chi connectivity index (χ4n) is 8.55. The predicted molar refractivity (Wildman–Crippen MR) is 231 cm³/mol. The SMILES string of the molecule is COC(=O)N[C@H](C(=O)N1CCC[C@H]1c1ncc(-c2ccc(C#Cc3ccc4nc([C@]5(Cc6ccccc6)CCCN5C(=O)[C@@H](NC(=O)OC)C(C)C)[nH]c4c3)cc2)[nH]1)C(C)C. The second-order valence-electron chi connectivity index (χ2n) is 16.5. The van der Waals surface area contributed by atoms with E-state index in [1.165, 1.54) is 14.2 Å². The first-order valence-electron chi connectivity index (χ1n) is 20.9. The summed E-state index contributed by atoms with van der Waals surface area (Å²) in [4.78, 5) is 72.6. The first kappa shape index (κ1) is 42.5. The molecule has 2 aliphatic rings. The average Bonchev–Trinajstić information content (AvgIpc) is 4.10. The van der Waals surface area contributed by atoms with Gasteiger partial charge in [-0.2, -0.15) is 0 Å². The Morgan fingerprint density at radius 1 is 0.820 bits per heavy atom. The van der Waals surface area contributed by atoms with Crippen molar-refractivity contribution < 1.29 is 28.7 Å². The number of carbonyl (C=O) groups excluding carboxylic acids is 4. The summed E-state index contributed by atoms with van der Waals surface area (Å²) in [6, 6.07) is 22.2. The molecule has 0 aliphatic carbocycles. The topological polar surface area (TPSA) is 175 Å². The molecule has 0 radical (unpaired) electrons. The van der Waals surface area contributed by atoms with E-state index in [4.69, 9.17) is 14.5 Å². The lowest BCUT2D eigenvalue weighted by Gasteiger charge is -2.40. The quantitative estimate of drug-likeness (QED) is 0.105. The summed E-state index contributed by atoms with van der Waals surface area (Å²) >= 11 is 0. The lowest BCUT2D eigenvalue weighted by molar-refractivity contribution is -0.139. The van der Waals surface area contributed by atoms with E-state index in [0.717, 1.165) is 58.2 Å². The second kappa shape index (κ2) is 18.3. The summed E-state index contributed by atoms with van der Waals surface area (Å²) in [7, 11) is 2.58. The molecule has 2 saturated heterocycles. The highest BCUT2D eigenvalue weighted by Gasteiger charge is 2.49. The maximum absolute atomic E-state index is 14.3. The Labute approximate surface area is 356 Å². The smallest absolute Gasteiger partial charge is 0.407 e. The molecule has 4 atom stereocenters. The van der Waals surface area contributed by atoms with Crippen LogP contribution in [0.3, 0.4) is 0 Å². The number of nitrogens with one attached hydrogen (secondary N) is 4. The van der Waals surface area contributed by atoms with E-state index in [-0.39, 0.29) is 29.7 Å². The largest absolute Gasteiger partial charge is 0.453 e. The molecule has 61 heavy (non-hydrogen) atoms. The van der Waals surface area contributed by atoms with E-state index in [9.17, 15) is 19.2 Å². The standard InChI is InChI=1S/C47H54N8O6/c1-29(2)39(52-45(58)60-5)42(56)54-24-10-14-38(54)41-48-28-37(49-41)34-20-17-31(18-21-34)15-16-32-19-22-35-36(26-32)51-44(50-35)47(27-33-12-8-7-9-13-33)23-11-25-55(47)43(57)40(30(3)4)53-46(59)61-6/h7-9,12-13,17-22,26,28-30,38-40H,10-11,14,23-25,27H2,1-6H3,(H,48,49)(H,50,51)(H,52,58)(H,53,59)/t38-,39-,40-,47+/m0/s1. The molecule has 2 aromatic heterocycles. The number of alkyl carbamates (subject to hydrolysis) is 2. The number of aromatic amines is 2. The number of hydrogen-bond acceptors (Lipinski definition) is 8. The Morgan fingerprint density at radius 3 is 2.15 bits per heavy atom. The Kier molecular flexibility index (Phi) is 12.8. The normalized spacial score (nSPS) is 18.5. The van der Waals surface area contributed by atoms with Gasteiger partial charge in [0.1, 0.15) is 29.3 Å². The van der Waals surface area contributed by atoms with Crippen molar-refractivity contribution in [2.45, 2.75) is 83.5 Å². The van der Waals surface area contributed by atoms with Gasteiger partial charge in [0.25, 0.3) is 0 Å². The van der Waals surface area contributed by atoms with E-state index in [0.29, 0.717) is 37.6 Å². The number of aromatic nitrogens is 4. The Balaban J connectivity index is 1.09. The van der Waals surface area contributed by atoms with Gasteiger partial charge in [-0.3, -0.25) is 9.59 Å². The fraction of sp³-hybridized carbons (Fsp3) is 0.404. The first-order valence-corrected chi connectivity index (χ1v) is 20.9. The number of hydrogen-bond donors (Lipinski definition) is 4. The predicted octanol–water partition coefficient (Wildman–Crippen LogP) is 6.84. The third kappa shape index (κ3) is 9.11. The highest BCUT2D eigenvalue weighted by Crippen LogP contribution is 2.42. The van der Waals surface area contributed by atoms with E-state index >= 15 is 0 Å². The molecule has 5 aromatic rings. The molecular weight excluding hydrogens is 773 g/mol. The molecule has 14 heteroatoms. The van der Waals surface area contributed by atoms with E-state index in [1.54, 1.807) is 11.1 Å². The van der Waals surface area contributed by atoms with Crippen molar-refractivity contribution in [3.63, 3.8) is 0 Å². The molecule has 0 bridgehead atoms. The van der Waals surface area contributed by atoms with Crippen LogP contribution in [-0.2, 0) is 31.0 Å². The van der Waals surface area contributed by atoms with Crippen molar-refractivity contribution in [1.29, 1.82) is 0 Å². The zero-order chi connectivity index (χ0) is 43.3. The third-order valence-corrected chi connectivity index (χ3v) is 11.8. The Hall–Kier alpha value is -6.62. The molecule has 2 fully saturated rings. The minimum Gasteiger partial charge on any atom is -0.453 e. The molecule has 4 heterocycles. The number of ether oxygens (including phenoxy) is 2. The lowest BCUT2D eigenvalue weighted by Crippen LogP contribution is -2.56. The Morgan fingerprint density at radius 2 is 1.48 bits per heavy atom. The van der Waals surface area contributed by atoms with Gasteiger partial charge in [0.05, 0.1) is 43.2 Å². The summed E-state index contributed by atoms with van der Waals surface area (Å²) in [6.07, 6.45) is 4.15. The summed E-state index contributed by atoms with van der Waals surface area (Å²) in [5.74, 6) is 7.39. The number of benzene rings is 3. The first-order chi connectivity index (χ1) is 29.4. The monoisotopic (exact) mass is 826 g/mol. The highest BCUT2D eigenvalue weighted by atomic mass is 16.5. The minimum absolute atomic E-state index is 0.116. The molecule has 0 saturated carbocycles. The molecule has 4 N–H and O–H groups in total. The molecular formula is C47H54N8O6. The van der Waals surface area contributed by atoms with Crippen LogP contribution in [0.5, 0.6) is 0 Å². The van der Waals surface area contributed by atoms with Crippen molar-refractivity contribution in [1.82, 2.24) is 40.4 Å². The van der Waals surface area contributed by atoms with E-state index in [1.807, 2.05) is 93.3 Å². The van der Waals surface area contributed by atoms with Crippen LogP contribution in [0.1, 0.15) is 87.8 Å². The number of H-pyrrole nitrogens is 2. The fourth-order valence-corrected chi connectivity index (χ4v) is 8.55. The summed E-state index contributed by atoms with van der Waals surface area (Å²) < 4.78 is 9.63. The number of carbonyl (C=O) groups is 4. The molecule has 318 valence electrons. The average molecular weight is 827 g/mol. The molecule has 14 nitrogen and oxygen atoms in total. The molecule has 0 spiro atoms. The number of rotatable bonds is 11. The van der Waals surface area contributed by atoms with Gasteiger partial charge in [-0.15, -0.1) is 0 Å². The van der Waals surface area contributed by atoms with Gasteiger partial charge >= 0.3 is 12.2 Å². The molecule has 7 rings (SSSR count). The van der Waals surface area contributed by atoms with Crippen molar-refractivity contribution in [3.8, 4) is 23.1 Å². The van der Waals surface area contributed by atoms with Crippen molar-refractivity contribution in [2.75, 3.05) is 27.3 Å². The van der Waals surface area contributed by atoms with Crippen molar-refractivity contribution in [2.24, 2.45) is 11.8 Å². The Bertz CT molecular complexity index is 2430. The number of methoxy groups -OCH3 is 2. The maximum atomic E-state index is 14.3. The van der Waals surface area contributed by atoms with Gasteiger partial charge in [-0.25, -0.2) is 19.6 Å². The van der Waals surface area contributed by atoms with Gasteiger partial charge in [-0.05, 0) is 79.0 Å². The van der Waals surface area contributed by atoms with Gasteiger partial charge in [-0.1, -0.05) is 82.0 Å². The van der Waals surface area contributed by atoms with E-state index in [2.05, 4.69) is 49.6 Å². The minimum atomic E-state index is -0.765. The molecule has 4 amide bonds. The van der Waals surface area contributed by atoms with Crippen LogP contribution in [0.15, 0.2) is 79.0 Å². The molecule has 2 aliphatic heterocycles. The zero-order valence-electron chi connectivity index (χ0n) is 35.6. The number of likely N-dealkylation sites (tertiary alicyclic amines) is 2. The number of fused-ring (bicyclic) bond motifs is 1. The number of amides is 4. The summed E-state index contributed by atoms with van der Waals surface area (Å²) in [5.41, 5.74) is 5.30. The second-order valence-corrected chi connectivity index (χ2v) is 16.5. The van der Waals surface area contributed by atoms with Crippen LogP contribution in [0, 0.1) is 23.7 Å². The van der Waals surface area contributed by atoms with Crippen molar-refractivity contribution in [3.05, 3.63) is 107 Å². The molecule has 3 aromatic carbocycles. The lowest BCUT2D eigenvalue weighted by atomic mass is 9.86. The highest BCUT2D eigenvalue weighted by molar-refractivity contribution is 5.88. The number of imidazole rings is 2. The third-order valence-electron chi connectivity index (χ3n) is 11.8. The zero-order valence-corrected chi connectivity index (χ0v) is 35.6. The van der Waals surface area contributed by atoms with E-state index < -0.39 is 29.8 Å². The van der Waals surface area contributed by atoms with Crippen LogP contribution in [0.4, 0.5) is 9.59 Å². The van der Waals surface area contributed by atoms with Gasteiger partial charge in [0.2, 0.25) is 11.8 Å². The van der Waals surface area contributed by atoms with Crippen LogP contribution in [0.25, 0.3) is 22.3 Å². The van der Waals surface area contributed by atoms with Gasteiger partial charge < -0.3 is 39.9 Å².